The van der Waals surface area contributed by atoms with Crippen molar-refractivity contribution >= 4 is 5.91 Å². The molecule has 7 heteroatoms. The zero-order valence-electron chi connectivity index (χ0n) is 17.5. The molecule has 2 aliphatic heterocycles. The summed E-state index contributed by atoms with van der Waals surface area (Å²) in [6.45, 7) is 7.66. The van der Waals surface area contributed by atoms with Gasteiger partial charge in [-0.15, -0.1) is 0 Å². The zero-order chi connectivity index (χ0) is 20.8. The minimum atomic E-state index is 0.0330. The second-order valence-electron chi connectivity index (χ2n) is 7.98. The molecule has 30 heavy (non-hydrogen) atoms. The monoisotopic (exact) mass is 407 g/mol. The van der Waals surface area contributed by atoms with Crippen molar-refractivity contribution in [3.63, 3.8) is 0 Å². The van der Waals surface area contributed by atoms with Gasteiger partial charge in [-0.25, -0.2) is 0 Å². The van der Waals surface area contributed by atoms with E-state index in [2.05, 4.69) is 5.16 Å². The number of amides is 1. The molecular weight excluding hydrogens is 382 g/mol. The van der Waals surface area contributed by atoms with Gasteiger partial charge in [0.2, 0.25) is 0 Å². The van der Waals surface area contributed by atoms with Crippen molar-refractivity contribution in [1.82, 2.24) is 14.6 Å². The molecule has 0 N–H and O–H groups in total. The lowest BCUT2D eigenvalue weighted by molar-refractivity contribution is 0.0734. The molecule has 5 rings (SSSR count). The summed E-state index contributed by atoms with van der Waals surface area (Å²) in [6.07, 6.45) is 1.92. The van der Waals surface area contributed by atoms with E-state index in [1.54, 1.807) is 0 Å². The number of aryl methyl sites for hydroxylation is 2. The average molecular weight is 407 g/mol. The maximum absolute atomic E-state index is 13.6. The fourth-order valence-electron chi connectivity index (χ4n) is 4.57. The molecule has 1 unspecified atom stereocenters. The Morgan fingerprint density at radius 2 is 1.87 bits per heavy atom. The lowest BCUT2D eigenvalue weighted by Gasteiger charge is -2.27. The Labute approximate surface area is 175 Å². The summed E-state index contributed by atoms with van der Waals surface area (Å²) in [4.78, 5) is 15.5. The molecule has 0 aliphatic carbocycles. The number of nitrogens with zero attached hydrogens (tertiary/aromatic N) is 3. The zero-order valence-corrected chi connectivity index (χ0v) is 17.5. The third-order valence-electron chi connectivity index (χ3n) is 5.97. The van der Waals surface area contributed by atoms with Gasteiger partial charge in [0.1, 0.15) is 19.0 Å². The Hall–Kier alpha value is -3.22. The molecular formula is C23H25N3O4. The fourth-order valence-corrected chi connectivity index (χ4v) is 4.57. The fraction of sp³-hybridized carbons (Fsp3) is 0.391. The highest BCUT2D eigenvalue weighted by atomic mass is 16.6. The maximum atomic E-state index is 13.6. The van der Waals surface area contributed by atoms with Crippen LogP contribution < -0.4 is 9.47 Å². The van der Waals surface area contributed by atoms with E-state index in [1.165, 1.54) is 0 Å². The van der Waals surface area contributed by atoms with Crippen LogP contribution in [0.1, 0.15) is 52.0 Å². The highest BCUT2D eigenvalue weighted by Crippen LogP contribution is 2.39. The predicted molar refractivity (Wildman–Crippen MR) is 110 cm³/mol. The van der Waals surface area contributed by atoms with E-state index < -0.39 is 0 Å². The second kappa shape index (κ2) is 7.23. The van der Waals surface area contributed by atoms with Crippen LogP contribution in [0.2, 0.25) is 0 Å². The summed E-state index contributed by atoms with van der Waals surface area (Å²) in [6, 6.07) is 9.87. The molecule has 156 valence electrons. The van der Waals surface area contributed by atoms with Crippen molar-refractivity contribution in [2.75, 3.05) is 19.8 Å². The molecule has 1 saturated heterocycles. The van der Waals surface area contributed by atoms with Gasteiger partial charge < -0.3 is 18.9 Å². The number of fused-ring (bicyclic) bond motifs is 1. The SMILES string of the molecule is Cc1cc(-n2c(C)cc(C(=O)N3CCCC3c3ccc4c(c3)OCCO4)c2C)no1. The van der Waals surface area contributed by atoms with E-state index in [9.17, 15) is 4.79 Å². The van der Waals surface area contributed by atoms with Crippen LogP contribution in [0.3, 0.4) is 0 Å². The predicted octanol–water partition coefficient (Wildman–Crippen LogP) is 4.14. The third-order valence-corrected chi connectivity index (χ3v) is 5.97. The highest BCUT2D eigenvalue weighted by Gasteiger charge is 2.33. The van der Waals surface area contributed by atoms with Crippen LogP contribution in [0.15, 0.2) is 34.9 Å². The average Bonchev–Trinajstić information content (AvgIpc) is 3.46. The normalized spacial score (nSPS) is 18.1. The Bertz CT molecular complexity index is 1110. The van der Waals surface area contributed by atoms with E-state index in [0.717, 1.165) is 53.6 Å². The largest absolute Gasteiger partial charge is 0.486 e. The Balaban J connectivity index is 1.46. The van der Waals surface area contributed by atoms with Gasteiger partial charge in [-0.1, -0.05) is 11.2 Å². The minimum absolute atomic E-state index is 0.0330. The Morgan fingerprint density at radius 1 is 1.07 bits per heavy atom. The number of hydrogen-bond donors (Lipinski definition) is 0. The van der Waals surface area contributed by atoms with Gasteiger partial charge in [0.05, 0.1) is 11.6 Å². The van der Waals surface area contributed by atoms with Gasteiger partial charge in [0, 0.05) is 24.0 Å². The maximum Gasteiger partial charge on any atom is 0.256 e. The van der Waals surface area contributed by atoms with E-state index in [1.807, 2.05) is 60.6 Å². The molecule has 1 atom stereocenters. The summed E-state index contributed by atoms with van der Waals surface area (Å²) in [5, 5.41) is 4.12. The molecule has 0 radical (unpaired) electrons. The molecule has 2 aromatic heterocycles. The van der Waals surface area contributed by atoms with Crippen molar-refractivity contribution in [3.05, 3.63) is 58.6 Å². The first kappa shape index (κ1) is 18.8. The van der Waals surface area contributed by atoms with E-state index in [4.69, 9.17) is 14.0 Å². The van der Waals surface area contributed by atoms with Crippen molar-refractivity contribution in [2.24, 2.45) is 0 Å². The molecule has 1 aromatic carbocycles. The van der Waals surface area contributed by atoms with Crippen LogP contribution in [0, 0.1) is 20.8 Å². The quantitative estimate of drug-likeness (QED) is 0.653. The number of ether oxygens (including phenoxy) is 2. The first-order valence-electron chi connectivity index (χ1n) is 10.4. The summed E-state index contributed by atoms with van der Waals surface area (Å²) >= 11 is 0. The summed E-state index contributed by atoms with van der Waals surface area (Å²) in [5.41, 5.74) is 3.63. The Kier molecular flexibility index (Phi) is 4.53. The van der Waals surface area contributed by atoms with Crippen molar-refractivity contribution in [2.45, 2.75) is 39.7 Å². The van der Waals surface area contributed by atoms with Gasteiger partial charge in [0.25, 0.3) is 5.91 Å². The van der Waals surface area contributed by atoms with E-state index >= 15 is 0 Å². The van der Waals surface area contributed by atoms with Crippen LogP contribution >= 0.6 is 0 Å². The van der Waals surface area contributed by atoms with Crippen molar-refractivity contribution in [1.29, 1.82) is 0 Å². The smallest absolute Gasteiger partial charge is 0.256 e. The van der Waals surface area contributed by atoms with Crippen LogP contribution in [0.4, 0.5) is 0 Å². The van der Waals surface area contributed by atoms with Crippen molar-refractivity contribution < 1.29 is 18.8 Å². The van der Waals surface area contributed by atoms with Gasteiger partial charge >= 0.3 is 0 Å². The Morgan fingerprint density at radius 3 is 2.63 bits per heavy atom. The topological polar surface area (TPSA) is 69.7 Å². The molecule has 4 heterocycles. The number of rotatable bonds is 3. The number of aromatic nitrogens is 2. The van der Waals surface area contributed by atoms with Crippen LogP contribution in [-0.4, -0.2) is 40.3 Å². The first-order valence-corrected chi connectivity index (χ1v) is 10.4. The summed E-state index contributed by atoms with van der Waals surface area (Å²) in [5.74, 6) is 3.02. The number of carbonyl (C=O) groups is 1. The molecule has 1 fully saturated rings. The molecule has 0 saturated carbocycles. The highest BCUT2D eigenvalue weighted by molar-refractivity contribution is 5.96. The summed E-state index contributed by atoms with van der Waals surface area (Å²) in [7, 11) is 0. The lowest BCUT2D eigenvalue weighted by atomic mass is 10.0. The molecule has 0 bridgehead atoms. The minimum Gasteiger partial charge on any atom is -0.486 e. The van der Waals surface area contributed by atoms with Gasteiger partial charge in [-0.2, -0.15) is 0 Å². The standard InChI is InChI=1S/C23H25N3O4/c1-14-11-18(16(3)26(14)22-12-15(2)30-24-22)23(27)25-8-4-5-19(25)17-6-7-20-21(13-17)29-10-9-28-20/h6-7,11-13,19H,4-5,8-10H2,1-3H3. The van der Waals surface area contributed by atoms with Crippen molar-refractivity contribution in [3.8, 4) is 17.3 Å². The van der Waals surface area contributed by atoms with Gasteiger partial charge in [-0.3, -0.25) is 9.36 Å². The first-order chi connectivity index (χ1) is 14.5. The van der Waals surface area contributed by atoms with Gasteiger partial charge in [0.15, 0.2) is 17.3 Å². The van der Waals surface area contributed by atoms with Gasteiger partial charge in [-0.05, 0) is 57.4 Å². The number of hydrogen-bond acceptors (Lipinski definition) is 5. The third kappa shape index (κ3) is 3.05. The van der Waals surface area contributed by atoms with Crippen LogP contribution in [0.25, 0.3) is 5.82 Å². The van der Waals surface area contributed by atoms with E-state index in [-0.39, 0.29) is 11.9 Å². The molecule has 3 aromatic rings. The second-order valence-corrected chi connectivity index (χ2v) is 7.98. The molecule has 7 nitrogen and oxygen atoms in total. The lowest BCUT2D eigenvalue weighted by Crippen LogP contribution is -2.31. The number of likely N-dealkylation sites (tertiary alicyclic amines) is 1. The summed E-state index contributed by atoms with van der Waals surface area (Å²) < 4.78 is 18.6. The molecule has 2 aliphatic rings. The van der Waals surface area contributed by atoms with E-state index in [0.29, 0.717) is 24.6 Å². The van der Waals surface area contributed by atoms with Crippen LogP contribution in [-0.2, 0) is 0 Å². The number of carbonyl (C=O) groups excluding carboxylic acids is 1. The van der Waals surface area contributed by atoms with Crippen LogP contribution in [0.5, 0.6) is 11.5 Å². The molecule has 1 amide bonds. The number of benzene rings is 1. The molecule has 0 spiro atoms.